The molecule has 5 atom stereocenters. The SMILES string of the molecule is Cc1ccc(S(=O)(=O)NC(Cc2ccccc2)C(=O)NCc2cccc(-c3cccc(C4OC(CN5CCCC5CO)CC(c5ccc(CO)cc5)O4)c3)c2)cc1. The predicted octanol–water partition coefficient (Wildman–Crippen LogP) is 6.36. The zero-order valence-electron chi connectivity index (χ0n) is 32.2. The summed E-state index contributed by atoms with van der Waals surface area (Å²) in [7, 11) is -3.97. The third-order valence-electron chi connectivity index (χ3n) is 10.9. The molecule has 2 aliphatic rings. The monoisotopic (exact) mass is 789 g/mol. The molecule has 2 aliphatic heterocycles. The first-order valence-electron chi connectivity index (χ1n) is 19.6. The standard InChI is InChI=1S/C46H51N3O7S/c1-32-15-21-42(22-16-32)57(53,54)48-43(25-33-8-3-2-4-9-33)45(52)47-28-35-10-5-11-37(24-35)38-12-6-13-39(26-38)46-55-41(29-49-23-7-14-40(49)31-51)27-44(56-46)36-19-17-34(30-50)18-20-36/h2-6,8-13,15-22,24,26,40-41,43-44,46,48,50-51H,7,14,23,25,27-31H2,1H3,(H,47,52). The zero-order valence-corrected chi connectivity index (χ0v) is 33.0. The van der Waals surface area contributed by atoms with Gasteiger partial charge in [0.05, 0.1) is 30.3 Å². The van der Waals surface area contributed by atoms with E-state index in [4.69, 9.17) is 9.47 Å². The van der Waals surface area contributed by atoms with Crippen molar-refractivity contribution in [1.82, 2.24) is 14.9 Å². The quantitative estimate of drug-likeness (QED) is 0.0963. The number of nitrogens with zero attached hydrogens (tertiary/aromatic N) is 1. The first kappa shape index (κ1) is 40.5. The Bertz CT molecular complexity index is 2200. The van der Waals surface area contributed by atoms with Gasteiger partial charge in [-0.25, -0.2) is 8.42 Å². The van der Waals surface area contributed by atoms with E-state index in [1.165, 1.54) is 12.1 Å². The molecule has 2 heterocycles. The van der Waals surface area contributed by atoms with Crippen LogP contribution in [0.15, 0.2) is 132 Å². The van der Waals surface area contributed by atoms with Crippen molar-refractivity contribution in [3.63, 3.8) is 0 Å². The van der Waals surface area contributed by atoms with E-state index in [2.05, 4.69) is 21.0 Å². The van der Waals surface area contributed by atoms with Gasteiger partial charge < -0.3 is 25.0 Å². The van der Waals surface area contributed by atoms with E-state index in [1.807, 2.05) is 104 Å². The van der Waals surface area contributed by atoms with Gasteiger partial charge in [0.1, 0.15) is 6.04 Å². The first-order chi connectivity index (χ1) is 27.7. The third-order valence-corrected chi connectivity index (χ3v) is 12.4. The maximum absolute atomic E-state index is 13.7. The summed E-state index contributed by atoms with van der Waals surface area (Å²) in [6.45, 7) is 3.81. The van der Waals surface area contributed by atoms with Gasteiger partial charge in [-0.3, -0.25) is 9.69 Å². The summed E-state index contributed by atoms with van der Waals surface area (Å²) in [6, 6.07) is 38.8. The van der Waals surface area contributed by atoms with E-state index < -0.39 is 28.3 Å². The lowest BCUT2D eigenvalue weighted by molar-refractivity contribution is -0.253. The molecule has 2 fully saturated rings. The van der Waals surface area contributed by atoms with E-state index in [1.54, 1.807) is 12.1 Å². The van der Waals surface area contributed by atoms with Gasteiger partial charge in [-0.2, -0.15) is 4.72 Å². The number of hydrogen-bond donors (Lipinski definition) is 4. The average Bonchev–Trinajstić information content (AvgIpc) is 3.70. The van der Waals surface area contributed by atoms with Crippen molar-refractivity contribution in [2.24, 2.45) is 0 Å². The fourth-order valence-corrected chi connectivity index (χ4v) is 8.88. The van der Waals surface area contributed by atoms with E-state index >= 15 is 0 Å². The number of aryl methyl sites for hydroxylation is 1. The van der Waals surface area contributed by atoms with Crippen LogP contribution in [0, 0.1) is 6.92 Å². The average molecular weight is 790 g/mol. The summed E-state index contributed by atoms with van der Waals surface area (Å²) >= 11 is 0. The van der Waals surface area contributed by atoms with Gasteiger partial charge in [-0.15, -0.1) is 0 Å². The maximum atomic E-state index is 13.7. The van der Waals surface area contributed by atoms with Crippen LogP contribution in [-0.4, -0.2) is 67.3 Å². The molecule has 0 aliphatic carbocycles. The Morgan fingerprint density at radius 1 is 0.807 bits per heavy atom. The molecule has 298 valence electrons. The number of aliphatic hydroxyl groups excluding tert-OH is 2. The minimum atomic E-state index is -3.97. The fourth-order valence-electron chi connectivity index (χ4n) is 7.69. The Balaban J connectivity index is 1.07. The highest BCUT2D eigenvalue weighted by molar-refractivity contribution is 7.89. The number of rotatable bonds is 15. The van der Waals surface area contributed by atoms with Crippen LogP contribution >= 0.6 is 0 Å². The smallest absolute Gasteiger partial charge is 0.241 e. The van der Waals surface area contributed by atoms with Gasteiger partial charge in [-0.1, -0.05) is 109 Å². The van der Waals surface area contributed by atoms with Crippen molar-refractivity contribution < 1.29 is 32.9 Å². The van der Waals surface area contributed by atoms with Gasteiger partial charge in [0.15, 0.2) is 6.29 Å². The highest BCUT2D eigenvalue weighted by atomic mass is 32.2. The molecular formula is C46H51N3O7S. The molecule has 0 bridgehead atoms. The van der Waals surface area contributed by atoms with Crippen LogP contribution in [0.1, 0.15) is 65.0 Å². The summed E-state index contributed by atoms with van der Waals surface area (Å²) < 4.78 is 42.7. The zero-order chi connectivity index (χ0) is 39.8. The van der Waals surface area contributed by atoms with Gasteiger partial charge >= 0.3 is 0 Å². The van der Waals surface area contributed by atoms with Crippen molar-refractivity contribution in [1.29, 1.82) is 0 Å². The summed E-state index contributed by atoms with van der Waals surface area (Å²) in [5, 5.41) is 22.6. The van der Waals surface area contributed by atoms with Gasteiger partial charge in [0.25, 0.3) is 0 Å². The second kappa shape index (κ2) is 18.7. The Morgan fingerprint density at radius 2 is 1.53 bits per heavy atom. The molecule has 0 saturated carbocycles. The molecule has 2 saturated heterocycles. The molecule has 5 unspecified atom stereocenters. The van der Waals surface area contributed by atoms with E-state index in [0.29, 0.717) is 13.0 Å². The molecule has 4 N–H and O–H groups in total. The van der Waals surface area contributed by atoms with Crippen molar-refractivity contribution in [2.45, 2.75) is 81.2 Å². The Morgan fingerprint density at radius 3 is 2.26 bits per heavy atom. The lowest BCUT2D eigenvalue weighted by Gasteiger charge is -2.38. The number of carbonyl (C=O) groups excluding carboxylic acids is 1. The van der Waals surface area contributed by atoms with Crippen molar-refractivity contribution in [3.8, 4) is 11.1 Å². The van der Waals surface area contributed by atoms with Crippen molar-refractivity contribution >= 4 is 15.9 Å². The lowest BCUT2D eigenvalue weighted by Crippen LogP contribution is -2.47. The normalized spacial score (nSPS) is 20.6. The Hall–Kier alpha value is -4.72. The van der Waals surface area contributed by atoms with E-state index in [9.17, 15) is 23.4 Å². The second-order valence-corrected chi connectivity index (χ2v) is 16.8. The van der Waals surface area contributed by atoms with Crippen LogP contribution in [-0.2, 0) is 43.9 Å². The number of sulfonamides is 1. The molecule has 5 aromatic rings. The summed E-state index contributed by atoms with van der Waals surface area (Å²) in [5.74, 6) is -0.428. The molecule has 11 heteroatoms. The number of hydrogen-bond acceptors (Lipinski definition) is 8. The lowest BCUT2D eigenvalue weighted by atomic mass is 9.98. The van der Waals surface area contributed by atoms with Crippen LogP contribution in [0.4, 0.5) is 0 Å². The van der Waals surface area contributed by atoms with Crippen molar-refractivity contribution in [2.75, 3.05) is 19.7 Å². The number of carbonyl (C=O) groups is 1. The summed E-state index contributed by atoms with van der Waals surface area (Å²) in [6.07, 6.45) is 1.90. The number of benzene rings is 5. The largest absolute Gasteiger partial charge is 0.395 e. The molecule has 57 heavy (non-hydrogen) atoms. The molecule has 0 radical (unpaired) electrons. The van der Waals surface area contributed by atoms with Crippen molar-refractivity contribution in [3.05, 3.63) is 161 Å². The number of likely N-dealkylation sites (tertiary alicyclic amines) is 1. The number of nitrogens with one attached hydrogen (secondary N) is 2. The van der Waals surface area contributed by atoms with Gasteiger partial charge in [0.2, 0.25) is 15.9 Å². The molecule has 1 amide bonds. The Kier molecular flexibility index (Phi) is 13.3. The summed E-state index contributed by atoms with van der Waals surface area (Å²) in [4.78, 5) is 16.1. The predicted molar refractivity (Wildman–Crippen MR) is 219 cm³/mol. The molecule has 7 rings (SSSR count). The number of aliphatic hydroxyl groups is 2. The second-order valence-electron chi connectivity index (χ2n) is 15.0. The molecule has 0 spiro atoms. The van der Waals surface area contributed by atoms with Crippen LogP contribution in [0.25, 0.3) is 11.1 Å². The minimum Gasteiger partial charge on any atom is -0.395 e. The minimum absolute atomic E-state index is 0.0249. The van der Waals surface area contributed by atoms with Crippen LogP contribution in [0.3, 0.4) is 0 Å². The molecule has 5 aromatic carbocycles. The van der Waals surface area contributed by atoms with E-state index in [-0.39, 0.29) is 49.3 Å². The van der Waals surface area contributed by atoms with Gasteiger partial charge in [-0.05, 0) is 90.4 Å². The topological polar surface area (TPSA) is 137 Å². The van der Waals surface area contributed by atoms with Crippen LogP contribution in [0.5, 0.6) is 0 Å². The third kappa shape index (κ3) is 10.4. The first-order valence-corrected chi connectivity index (χ1v) is 21.1. The molecule has 10 nitrogen and oxygen atoms in total. The summed E-state index contributed by atoms with van der Waals surface area (Å²) in [5.41, 5.74) is 7.24. The number of ether oxygens (including phenoxy) is 2. The van der Waals surface area contributed by atoms with Gasteiger partial charge in [0, 0.05) is 31.1 Å². The fraction of sp³-hybridized carbons (Fsp3) is 0.326. The Labute approximate surface area is 335 Å². The van der Waals surface area contributed by atoms with Crippen LogP contribution < -0.4 is 10.0 Å². The number of amides is 1. The van der Waals surface area contributed by atoms with Crippen LogP contribution in [0.2, 0.25) is 0 Å². The highest BCUT2D eigenvalue weighted by Crippen LogP contribution is 2.39. The molecule has 0 aromatic heterocycles. The highest BCUT2D eigenvalue weighted by Gasteiger charge is 2.35. The molecular weight excluding hydrogens is 739 g/mol. The maximum Gasteiger partial charge on any atom is 0.241 e. The van der Waals surface area contributed by atoms with E-state index in [0.717, 1.165) is 63.9 Å².